The van der Waals surface area contributed by atoms with Crippen LogP contribution >= 0.6 is 15.9 Å². The van der Waals surface area contributed by atoms with Gasteiger partial charge >= 0.3 is 11.8 Å². The molecular formula is C19H22BrN3O2. The van der Waals surface area contributed by atoms with E-state index in [-0.39, 0.29) is 0 Å². The zero-order valence-corrected chi connectivity index (χ0v) is 16.2. The monoisotopic (exact) mass is 403 g/mol. The molecule has 0 spiro atoms. The van der Waals surface area contributed by atoms with Crippen LogP contribution in [0.1, 0.15) is 19.4 Å². The minimum absolute atomic E-state index is 0.587. The summed E-state index contributed by atoms with van der Waals surface area (Å²) >= 11 is 3.37. The van der Waals surface area contributed by atoms with E-state index in [4.69, 9.17) is 0 Å². The lowest BCUT2D eigenvalue weighted by Crippen LogP contribution is -2.29. The zero-order valence-electron chi connectivity index (χ0n) is 14.6. The molecule has 132 valence electrons. The van der Waals surface area contributed by atoms with Gasteiger partial charge < -0.3 is 15.5 Å². The summed E-state index contributed by atoms with van der Waals surface area (Å²) in [5.41, 5.74) is 3.15. The molecule has 5 nitrogen and oxygen atoms in total. The number of nitrogens with zero attached hydrogens (tertiary/aromatic N) is 1. The van der Waals surface area contributed by atoms with Gasteiger partial charge in [0.05, 0.1) is 0 Å². The van der Waals surface area contributed by atoms with Crippen LogP contribution in [0.5, 0.6) is 0 Å². The molecule has 2 rings (SSSR count). The maximum atomic E-state index is 12.1. The third-order valence-corrected chi connectivity index (χ3v) is 4.39. The molecule has 0 saturated heterocycles. The van der Waals surface area contributed by atoms with Crippen LogP contribution in [0.25, 0.3) is 0 Å². The van der Waals surface area contributed by atoms with Crippen molar-refractivity contribution in [3.05, 3.63) is 52.5 Å². The summed E-state index contributed by atoms with van der Waals surface area (Å²) in [7, 11) is 0. The van der Waals surface area contributed by atoms with E-state index in [1.54, 1.807) is 18.2 Å². The Morgan fingerprint density at radius 1 is 0.960 bits per heavy atom. The molecule has 0 aliphatic carbocycles. The third kappa shape index (κ3) is 5.06. The lowest BCUT2D eigenvalue weighted by Gasteiger charge is -2.21. The Balaban J connectivity index is 2.00. The lowest BCUT2D eigenvalue weighted by molar-refractivity contribution is -0.133. The number of anilines is 3. The molecule has 0 radical (unpaired) electrons. The molecule has 2 amide bonds. The van der Waals surface area contributed by atoms with Gasteiger partial charge in [-0.15, -0.1) is 0 Å². The number of carbonyl (C=O) groups is 2. The van der Waals surface area contributed by atoms with Crippen molar-refractivity contribution in [1.82, 2.24) is 0 Å². The van der Waals surface area contributed by atoms with Gasteiger partial charge in [0.1, 0.15) is 0 Å². The first-order valence-corrected chi connectivity index (χ1v) is 8.97. The number of rotatable bonds is 5. The fraction of sp³-hybridized carbons (Fsp3) is 0.263. The second-order valence-corrected chi connectivity index (χ2v) is 6.50. The molecule has 0 aliphatic rings. The number of aryl methyl sites for hydroxylation is 1. The average molecular weight is 404 g/mol. The van der Waals surface area contributed by atoms with E-state index in [9.17, 15) is 9.59 Å². The van der Waals surface area contributed by atoms with Gasteiger partial charge in [0.25, 0.3) is 0 Å². The van der Waals surface area contributed by atoms with Gasteiger partial charge in [0.15, 0.2) is 0 Å². The van der Waals surface area contributed by atoms with E-state index >= 15 is 0 Å². The number of amides is 2. The number of halogens is 1. The van der Waals surface area contributed by atoms with E-state index < -0.39 is 11.8 Å². The predicted molar refractivity (Wildman–Crippen MR) is 106 cm³/mol. The molecule has 0 bridgehead atoms. The van der Waals surface area contributed by atoms with Crippen molar-refractivity contribution in [2.75, 3.05) is 28.6 Å². The van der Waals surface area contributed by atoms with Crippen molar-refractivity contribution >= 4 is 44.8 Å². The van der Waals surface area contributed by atoms with Crippen molar-refractivity contribution < 1.29 is 9.59 Å². The highest BCUT2D eigenvalue weighted by atomic mass is 79.9. The zero-order chi connectivity index (χ0) is 18.4. The van der Waals surface area contributed by atoms with Crippen LogP contribution < -0.4 is 15.5 Å². The van der Waals surface area contributed by atoms with Crippen LogP contribution in [0.2, 0.25) is 0 Å². The van der Waals surface area contributed by atoms with E-state index in [0.29, 0.717) is 11.4 Å². The number of hydrogen-bond donors (Lipinski definition) is 2. The van der Waals surface area contributed by atoms with E-state index in [1.165, 1.54) is 0 Å². The third-order valence-electron chi connectivity index (χ3n) is 3.90. The number of hydrogen-bond acceptors (Lipinski definition) is 3. The molecule has 6 heteroatoms. The van der Waals surface area contributed by atoms with Crippen LogP contribution in [-0.4, -0.2) is 24.9 Å². The summed E-state index contributed by atoms with van der Waals surface area (Å²) in [5, 5.41) is 5.24. The van der Waals surface area contributed by atoms with Gasteiger partial charge in [-0.3, -0.25) is 9.59 Å². The summed E-state index contributed by atoms with van der Waals surface area (Å²) in [6, 6.07) is 12.9. The van der Waals surface area contributed by atoms with E-state index in [2.05, 4.69) is 45.3 Å². The van der Waals surface area contributed by atoms with Gasteiger partial charge in [-0.2, -0.15) is 0 Å². The Kier molecular flexibility index (Phi) is 6.58. The summed E-state index contributed by atoms with van der Waals surface area (Å²) in [6.07, 6.45) is 0. The molecule has 0 heterocycles. The first-order chi connectivity index (χ1) is 11.9. The summed E-state index contributed by atoms with van der Waals surface area (Å²) < 4.78 is 0.917. The van der Waals surface area contributed by atoms with Gasteiger partial charge in [-0.25, -0.2) is 0 Å². The number of carbonyl (C=O) groups excluding carboxylic acids is 2. The molecule has 2 aromatic rings. The van der Waals surface area contributed by atoms with Crippen molar-refractivity contribution in [2.24, 2.45) is 0 Å². The predicted octanol–water partition coefficient (Wildman–Crippen LogP) is 4.18. The van der Waals surface area contributed by atoms with Crippen LogP contribution in [0.3, 0.4) is 0 Å². The minimum atomic E-state index is -0.696. The molecular weight excluding hydrogens is 382 g/mol. The topological polar surface area (TPSA) is 61.4 Å². The SMILES string of the molecule is CCN(CC)c1ccc(NC(=O)C(=O)Nc2ccc(Br)cc2C)cc1. The Morgan fingerprint density at radius 3 is 2.12 bits per heavy atom. The van der Waals surface area contributed by atoms with Gasteiger partial charge in [0, 0.05) is 34.6 Å². The molecule has 2 aromatic carbocycles. The number of benzene rings is 2. The first-order valence-electron chi connectivity index (χ1n) is 8.18. The first kappa shape index (κ1) is 19.0. The number of nitrogens with one attached hydrogen (secondary N) is 2. The second kappa shape index (κ2) is 8.67. The summed E-state index contributed by atoms with van der Waals surface area (Å²) in [5.74, 6) is -1.39. The van der Waals surface area contributed by atoms with Crippen molar-refractivity contribution in [2.45, 2.75) is 20.8 Å². The molecule has 0 atom stereocenters. The standard InChI is InChI=1S/C19H22BrN3O2/c1-4-23(5-2)16-9-7-15(8-10-16)21-18(24)19(25)22-17-11-6-14(20)12-13(17)3/h6-12H,4-5H2,1-3H3,(H,21,24)(H,22,25). The molecule has 25 heavy (non-hydrogen) atoms. The smallest absolute Gasteiger partial charge is 0.314 e. The highest BCUT2D eigenvalue weighted by molar-refractivity contribution is 9.10. The van der Waals surface area contributed by atoms with Crippen molar-refractivity contribution in [3.8, 4) is 0 Å². The van der Waals surface area contributed by atoms with Crippen LogP contribution in [0, 0.1) is 6.92 Å². The Morgan fingerprint density at radius 2 is 1.56 bits per heavy atom. The van der Waals surface area contributed by atoms with Crippen LogP contribution in [0.4, 0.5) is 17.1 Å². The molecule has 0 saturated carbocycles. The Bertz CT molecular complexity index is 756. The molecule has 2 N–H and O–H groups in total. The largest absolute Gasteiger partial charge is 0.372 e. The molecule has 0 unspecified atom stereocenters. The van der Waals surface area contributed by atoms with Gasteiger partial charge in [-0.1, -0.05) is 15.9 Å². The summed E-state index contributed by atoms with van der Waals surface area (Å²) in [6.45, 7) is 7.87. The maximum absolute atomic E-state index is 12.1. The van der Waals surface area contributed by atoms with Gasteiger partial charge in [0.2, 0.25) is 0 Å². The molecule has 0 aliphatic heterocycles. The second-order valence-electron chi connectivity index (χ2n) is 5.59. The van der Waals surface area contributed by atoms with E-state index in [1.807, 2.05) is 31.2 Å². The summed E-state index contributed by atoms with van der Waals surface area (Å²) in [4.78, 5) is 26.4. The highest BCUT2D eigenvalue weighted by Gasteiger charge is 2.15. The minimum Gasteiger partial charge on any atom is -0.372 e. The van der Waals surface area contributed by atoms with E-state index in [0.717, 1.165) is 28.8 Å². The van der Waals surface area contributed by atoms with Crippen molar-refractivity contribution in [1.29, 1.82) is 0 Å². The fourth-order valence-electron chi connectivity index (χ4n) is 2.48. The van der Waals surface area contributed by atoms with Crippen LogP contribution in [0.15, 0.2) is 46.9 Å². The quantitative estimate of drug-likeness (QED) is 0.735. The fourth-order valence-corrected chi connectivity index (χ4v) is 2.95. The van der Waals surface area contributed by atoms with Crippen LogP contribution in [-0.2, 0) is 9.59 Å². The Labute approximate surface area is 156 Å². The Hall–Kier alpha value is -2.34. The maximum Gasteiger partial charge on any atom is 0.314 e. The average Bonchev–Trinajstić information content (AvgIpc) is 2.59. The highest BCUT2D eigenvalue weighted by Crippen LogP contribution is 2.20. The molecule has 0 fully saturated rings. The lowest BCUT2D eigenvalue weighted by atomic mass is 10.2. The molecule has 0 aromatic heterocycles. The normalized spacial score (nSPS) is 10.2. The van der Waals surface area contributed by atoms with Gasteiger partial charge in [-0.05, 0) is 68.8 Å². The van der Waals surface area contributed by atoms with Crippen molar-refractivity contribution in [3.63, 3.8) is 0 Å².